The van der Waals surface area contributed by atoms with E-state index in [4.69, 9.17) is 9.47 Å². The van der Waals surface area contributed by atoms with Crippen LogP contribution in [0.15, 0.2) is 41.2 Å². The Morgan fingerprint density at radius 3 is 2.73 bits per heavy atom. The van der Waals surface area contributed by atoms with Gasteiger partial charge in [0.25, 0.3) is 0 Å². The molecule has 2 aromatic carbocycles. The monoisotopic (exact) mass is 297 g/mol. The summed E-state index contributed by atoms with van der Waals surface area (Å²) in [5.41, 5.74) is 0.549. The highest BCUT2D eigenvalue weighted by molar-refractivity contribution is 6.07. The van der Waals surface area contributed by atoms with Crippen LogP contribution in [0.25, 0.3) is 21.7 Å². The zero-order valence-electron chi connectivity index (χ0n) is 12.3. The van der Waals surface area contributed by atoms with E-state index in [1.165, 1.54) is 6.07 Å². The van der Waals surface area contributed by atoms with Crippen LogP contribution in [0.1, 0.15) is 17.4 Å². The normalized spacial score (nSPS) is 10.8. The maximum absolute atomic E-state index is 12.4. The number of benzene rings is 2. The van der Waals surface area contributed by atoms with E-state index in [9.17, 15) is 9.59 Å². The lowest BCUT2D eigenvalue weighted by atomic mass is 10.0. The lowest BCUT2D eigenvalue weighted by Gasteiger charge is -2.08. The molecule has 0 aliphatic heterocycles. The molecule has 22 heavy (non-hydrogen) atoms. The molecule has 112 valence electrons. The summed E-state index contributed by atoms with van der Waals surface area (Å²) in [4.78, 5) is 27.2. The van der Waals surface area contributed by atoms with Crippen molar-refractivity contribution in [3.05, 3.63) is 52.3 Å². The Bertz CT molecular complexity index is 927. The molecular formula is C17H15NO4. The van der Waals surface area contributed by atoms with Gasteiger partial charge < -0.3 is 14.5 Å². The minimum absolute atomic E-state index is 0.159. The third-order valence-electron chi connectivity index (χ3n) is 3.51. The van der Waals surface area contributed by atoms with Gasteiger partial charge in [0.05, 0.1) is 24.6 Å². The van der Waals surface area contributed by atoms with Gasteiger partial charge in [-0.3, -0.25) is 4.79 Å². The number of aromatic nitrogens is 1. The number of fused-ring (bicyclic) bond motifs is 3. The number of hydrogen-bond donors (Lipinski definition) is 1. The van der Waals surface area contributed by atoms with Crippen molar-refractivity contribution in [3.63, 3.8) is 0 Å². The Kier molecular flexibility index (Phi) is 3.55. The Morgan fingerprint density at radius 1 is 1.18 bits per heavy atom. The van der Waals surface area contributed by atoms with Crippen LogP contribution in [0.4, 0.5) is 0 Å². The number of carbonyl (C=O) groups excluding carboxylic acids is 1. The molecule has 1 N–H and O–H groups in total. The van der Waals surface area contributed by atoms with Gasteiger partial charge in [0.2, 0.25) is 0 Å². The first-order valence-electron chi connectivity index (χ1n) is 6.95. The molecule has 0 aliphatic carbocycles. The van der Waals surface area contributed by atoms with Crippen molar-refractivity contribution < 1.29 is 14.3 Å². The van der Waals surface area contributed by atoms with Crippen molar-refractivity contribution in [1.29, 1.82) is 0 Å². The fourth-order valence-electron chi connectivity index (χ4n) is 2.51. The number of esters is 1. The van der Waals surface area contributed by atoms with Gasteiger partial charge >= 0.3 is 5.97 Å². The maximum Gasteiger partial charge on any atom is 0.354 e. The van der Waals surface area contributed by atoms with Gasteiger partial charge in [-0.2, -0.15) is 0 Å². The minimum Gasteiger partial charge on any atom is -0.497 e. The number of methoxy groups -OCH3 is 1. The molecule has 0 spiro atoms. The Hall–Kier alpha value is -2.82. The first-order valence-corrected chi connectivity index (χ1v) is 6.95. The second kappa shape index (κ2) is 5.52. The number of pyridine rings is 1. The molecule has 0 fully saturated rings. The summed E-state index contributed by atoms with van der Waals surface area (Å²) < 4.78 is 10.1. The van der Waals surface area contributed by atoms with E-state index in [-0.39, 0.29) is 17.7 Å². The van der Waals surface area contributed by atoms with Crippen LogP contribution >= 0.6 is 0 Å². The molecule has 5 nitrogen and oxygen atoms in total. The number of rotatable bonds is 3. The molecule has 0 atom stereocenters. The van der Waals surface area contributed by atoms with E-state index >= 15 is 0 Å². The molecule has 3 aromatic rings. The molecule has 0 unspecified atom stereocenters. The van der Waals surface area contributed by atoms with Crippen molar-refractivity contribution >= 4 is 27.6 Å². The van der Waals surface area contributed by atoms with Crippen LogP contribution in [0.2, 0.25) is 0 Å². The van der Waals surface area contributed by atoms with E-state index in [2.05, 4.69) is 4.98 Å². The first-order chi connectivity index (χ1) is 10.6. The highest BCUT2D eigenvalue weighted by Crippen LogP contribution is 2.25. The van der Waals surface area contributed by atoms with Crippen molar-refractivity contribution in [1.82, 2.24) is 4.98 Å². The second-order valence-corrected chi connectivity index (χ2v) is 4.84. The van der Waals surface area contributed by atoms with Crippen molar-refractivity contribution in [2.75, 3.05) is 13.7 Å². The predicted molar refractivity (Wildman–Crippen MR) is 84.6 cm³/mol. The molecule has 0 saturated heterocycles. The van der Waals surface area contributed by atoms with Gasteiger partial charge in [-0.05, 0) is 42.0 Å². The lowest BCUT2D eigenvalue weighted by molar-refractivity contribution is 0.0520. The van der Waals surface area contributed by atoms with Crippen molar-refractivity contribution in [2.24, 2.45) is 0 Å². The number of aromatic amines is 1. The Labute approximate surface area is 126 Å². The molecule has 0 saturated carbocycles. The molecule has 0 aliphatic rings. The number of nitrogens with one attached hydrogen (secondary N) is 1. The summed E-state index contributed by atoms with van der Waals surface area (Å²) in [6, 6.07) is 10.5. The van der Waals surface area contributed by atoms with Crippen LogP contribution in [-0.2, 0) is 4.74 Å². The predicted octanol–water partition coefficient (Wildman–Crippen LogP) is 2.87. The zero-order chi connectivity index (χ0) is 15.7. The number of ether oxygens (including phenoxy) is 2. The first kappa shape index (κ1) is 14.1. The molecule has 3 rings (SSSR count). The van der Waals surface area contributed by atoms with Gasteiger partial charge in [-0.15, -0.1) is 0 Å². The summed E-state index contributed by atoms with van der Waals surface area (Å²) in [5.74, 6) is 0.197. The number of hydrogen-bond acceptors (Lipinski definition) is 4. The van der Waals surface area contributed by atoms with Crippen LogP contribution in [-0.4, -0.2) is 24.7 Å². The molecule has 0 amide bonds. The molecule has 0 radical (unpaired) electrons. The highest BCUT2D eigenvalue weighted by atomic mass is 16.5. The van der Waals surface area contributed by atoms with E-state index in [1.54, 1.807) is 26.2 Å². The minimum atomic E-state index is -0.531. The standard InChI is InChI=1S/C17H15NO4/c1-3-22-17(20)14-9-15(19)16-12-6-5-11(21-2)8-10(12)4-7-13(16)18-14/h4-9H,3H2,1-2H3,(H,18,19). The fraction of sp³-hybridized carbons (Fsp3) is 0.176. The summed E-state index contributed by atoms with van der Waals surface area (Å²) in [7, 11) is 1.60. The third-order valence-corrected chi connectivity index (χ3v) is 3.51. The zero-order valence-corrected chi connectivity index (χ0v) is 12.3. The fourth-order valence-corrected chi connectivity index (χ4v) is 2.51. The average Bonchev–Trinajstić information content (AvgIpc) is 2.53. The number of carbonyl (C=O) groups is 1. The van der Waals surface area contributed by atoms with E-state index in [0.717, 1.165) is 16.5 Å². The van der Waals surface area contributed by atoms with Crippen molar-refractivity contribution in [3.8, 4) is 5.75 Å². The second-order valence-electron chi connectivity index (χ2n) is 4.84. The van der Waals surface area contributed by atoms with E-state index < -0.39 is 5.97 Å². The van der Waals surface area contributed by atoms with Gasteiger partial charge in [0.1, 0.15) is 11.4 Å². The molecular weight excluding hydrogens is 282 g/mol. The van der Waals surface area contributed by atoms with Gasteiger partial charge in [-0.1, -0.05) is 6.07 Å². The summed E-state index contributed by atoms with van der Waals surface area (Å²) in [6.07, 6.45) is 0. The van der Waals surface area contributed by atoms with Crippen LogP contribution in [0.5, 0.6) is 5.75 Å². The summed E-state index contributed by atoms with van der Waals surface area (Å²) in [5, 5.41) is 2.27. The molecule has 1 aromatic heterocycles. The summed E-state index contributed by atoms with van der Waals surface area (Å²) >= 11 is 0. The SMILES string of the molecule is CCOC(=O)c1cc(=O)c2c(ccc3cc(OC)ccc32)[nH]1. The van der Waals surface area contributed by atoms with Crippen LogP contribution < -0.4 is 10.2 Å². The summed E-state index contributed by atoms with van der Waals surface area (Å²) in [6.45, 7) is 1.98. The average molecular weight is 297 g/mol. The van der Waals surface area contributed by atoms with Gasteiger partial charge in [-0.25, -0.2) is 4.79 Å². The van der Waals surface area contributed by atoms with Crippen LogP contribution in [0, 0.1) is 0 Å². The smallest absolute Gasteiger partial charge is 0.354 e. The molecule has 0 bridgehead atoms. The molecule has 1 heterocycles. The maximum atomic E-state index is 12.4. The van der Waals surface area contributed by atoms with Crippen LogP contribution in [0.3, 0.4) is 0 Å². The van der Waals surface area contributed by atoms with E-state index in [0.29, 0.717) is 10.9 Å². The Morgan fingerprint density at radius 2 is 2.00 bits per heavy atom. The topological polar surface area (TPSA) is 68.4 Å². The lowest BCUT2D eigenvalue weighted by Crippen LogP contribution is -2.12. The highest BCUT2D eigenvalue weighted by Gasteiger charge is 2.12. The Balaban J connectivity index is 2.27. The largest absolute Gasteiger partial charge is 0.497 e. The van der Waals surface area contributed by atoms with E-state index in [1.807, 2.05) is 18.2 Å². The third kappa shape index (κ3) is 2.30. The quantitative estimate of drug-likeness (QED) is 0.596. The van der Waals surface area contributed by atoms with Gasteiger partial charge in [0, 0.05) is 6.07 Å². The number of H-pyrrole nitrogens is 1. The molecule has 5 heteroatoms. The van der Waals surface area contributed by atoms with Crippen molar-refractivity contribution in [2.45, 2.75) is 6.92 Å². The van der Waals surface area contributed by atoms with Gasteiger partial charge in [0.15, 0.2) is 5.43 Å².